The van der Waals surface area contributed by atoms with E-state index < -0.39 is 5.60 Å². The second-order valence-electron chi connectivity index (χ2n) is 8.78. The summed E-state index contributed by atoms with van der Waals surface area (Å²) in [5.74, 6) is 0.964. The number of pyridine rings is 1. The maximum absolute atomic E-state index is 12.7. The minimum Gasteiger partial charge on any atom is -0.390 e. The summed E-state index contributed by atoms with van der Waals surface area (Å²) in [7, 11) is 0. The molecule has 0 unspecified atom stereocenters. The van der Waals surface area contributed by atoms with Crippen molar-refractivity contribution in [2.24, 2.45) is 5.92 Å². The minimum absolute atomic E-state index is 0.263. The van der Waals surface area contributed by atoms with Crippen LogP contribution < -0.4 is 10.2 Å². The molecule has 1 aromatic carbocycles. The number of hydrogen-bond donors (Lipinski definition) is 2. The lowest BCUT2D eigenvalue weighted by Crippen LogP contribution is -2.42. The predicted octanol–water partition coefficient (Wildman–Crippen LogP) is 5.41. The molecule has 1 aliphatic rings. The van der Waals surface area contributed by atoms with Gasteiger partial charge in [-0.15, -0.1) is 11.3 Å². The van der Waals surface area contributed by atoms with Crippen molar-refractivity contribution in [3.63, 3.8) is 0 Å². The SMILES string of the molecule is Cc1cc(NC(=O)c2csc(-c3ccc(Cl)cc3)n2)cnc1N1CCC(C(C)(C)O)CC1. The molecule has 1 saturated heterocycles. The first-order valence-electron chi connectivity index (χ1n) is 10.7. The Labute approximate surface area is 197 Å². The quantitative estimate of drug-likeness (QED) is 0.521. The Morgan fingerprint density at radius 1 is 1.25 bits per heavy atom. The number of halogens is 1. The molecule has 0 saturated carbocycles. The van der Waals surface area contributed by atoms with Crippen LogP contribution in [0.3, 0.4) is 0 Å². The first-order chi connectivity index (χ1) is 15.2. The van der Waals surface area contributed by atoms with Crippen LogP contribution in [0.2, 0.25) is 5.02 Å². The Hall–Kier alpha value is -2.48. The van der Waals surface area contributed by atoms with Crippen molar-refractivity contribution in [2.75, 3.05) is 23.3 Å². The van der Waals surface area contributed by atoms with Crippen molar-refractivity contribution in [1.29, 1.82) is 0 Å². The number of amides is 1. The molecule has 3 aromatic rings. The van der Waals surface area contributed by atoms with E-state index in [1.54, 1.807) is 23.7 Å². The average Bonchev–Trinajstić information content (AvgIpc) is 3.24. The number of aromatic nitrogens is 2. The smallest absolute Gasteiger partial charge is 0.275 e. The van der Waals surface area contributed by atoms with E-state index in [2.05, 4.69) is 20.2 Å². The maximum atomic E-state index is 12.7. The highest BCUT2D eigenvalue weighted by atomic mass is 35.5. The van der Waals surface area contributed by atoms with E-state index >= 15 is 0 Å². The van der Waals surface area contributed by atoms with E-state index in [1.807, 2.05) is 39.0 Å². The van der Waals surface area contributed by atoms with Crippen molar-refractivity contribution in [1.82, 2.24) is 9.97 Å². The largest absolute Gasteiger partial charge is 0.390 e. The number of carbonyl (C=O) groups is 1. The maximum Gasteiger partial charge on any atom is 0.275 e. The van der Waals surface area contributed by atoms with Crippen LogP contribution in [0.4, 0.5) is 11.5 Å². The van der Waals surface area contributed by atoms with Gasteiger partial charge in [0.05, 0.1) is 17.5 Å². The molecule has 8 heteroatoms. The minimum atomic E-state index is -0.647. The van der Waals surface area contributed by atoms with Crippen LogP contribution in [-0.4, -0.2) is 39.7 Å². The van der Waals surface area contributed by atoms with E-state index in [0.717, 1.165) is 47.9 Å². The van der Waals surface area contributed by atoms with E-state index in [1.165, 1.54) is 11.3 Å². The molecule has 4 rings (SSSR count). The Kier molecular flexibility index (Phi) is 6.51. The van der Waals surface area contributed by atoms with Gasteiger partial charge in [0.2, 0.25) is 0 Å². The van der Waals surface area contributed by atoms with Gasteiger partial charge < -0.3 is 15.3 Å². The normalized spacial score (nSPS) is 15.1. The molecule has 2 aromatic heterocycles. The summed E-state index contributed by atoms with van der Waals surface area (Å²) in [6, 6.07) is 9.33. The zero-order valence-corrected chi connectivity index (χ0v) is 20.0. The number of nitrogens with zero attached hydrogens (tertiary/aromatic N) is 3. The molecule has 6 nitrogen and oxygen atoms in total. The topological polar surface area (TPSA) is 78.4 Å². The number of thiazole rings is 1. The number of hydrogen-bond acceptors (Lipinski definition) is 6. The van der Waals surface area contributed by atoms with Gasteiger partial charge in [-0.25, -0.2) is 9.97 Å². The molecule has 0 bridgehead atoms. The van der Waals surface area contributed by atoms with Gasteiger partial charge in [0, 0.05) is 29.1 Å². The van der Waals surface area contributed by atoms with Crippen LogP contribution in [0.25, 0.3) is 10.6 Å². The summed E-state index contributed by atoms with van der Waals surface area (Å²) in [6.45, 7) is 7.49. The van der Waals surface area contributed by atoms with Crippen LogP contribution in [-0.2, 0) is 0 Å². The molecule has 168 valence electrons. The number of aliphatic hydroxyl groups is 1. The van der Waals surface area contributed by atoms with Crippen LogP contribution in [0.15, 0.2) is 41.9 Å². The highest BCUT2D eigenvalue weighted by molar-refractivity contribution is 7.13. The molecule has 0 radical (unpaired) electrons. The molecule has 3 heterocycles. The fraction of sp³-hybridized carbons (Fsp3) is 0.375. The monoisotopic (exact) mass is 470 g/mol. The molecule has 0 aliphatic carbocycles. The van der Waals surface area contributed by atoms with Gasteiger partial charge >= 0.3 is 0 Å². The summed E-state index contributed by atoms with van der Waals surface area (Å²) in [6.07, 6.45) is 3.56. The standard InChI is InChI=1S/C24H27ClN4O2S/c1-15-12-19(13-26-21(15)29-10-8-17(9-11-29)24(2,3)31)27-22(30)20-14-32-23(28-20)16-4-6-18(25)7-5-16/h4-7,12-14,17,31H,8-11H2,1-3H3,(H,27,30). The van der Waals surface area contributed by atoms with E-state index in [9.17, 15) is 9.90 Å². The lowest BCUT2D eigenvalue weighted by molar-refractivity contribution is 0.00645. The van der Waals surface area contributed by atoms with Gasteiger partial charge in [-0.2, -0.15) is 0 Å². The molecule has 0 spiro atoms. The summed E-state index contributed by atoms with van der Waals surface area (Å²) >= 11 is 7.36. The van der Waals surface area contributed by atoms with Gasteiger partial charge in [0.15, 0.2) is 0 Å². The van der Waals surface area contributed by atoms with Gasteiger partial charge in [0.1, 0.15) is 16.5 Å². The Balaban J connectivity index is 1.41. The summed E-state index contributed by atoms with van der Waals surface area (Å²) in [4.78, 5) is 24.0. The first kappa shape index (κ1) is 22.7. The van der Waals surface area contributed by atoms with Crippen molar-refractivity contribution < 1.29 is 9.90 Å². The number of anilines is 2. The zero-order valence-electron chi connectivity index (χ0n) is 18.4. The molecule has 1 fully saturated rings. The van der Waals surface area contributed by atoms with E-state index in [4.69, 9.17) is 11.6 Å². The number of nitrogens with one attached hydrogen (secondary N) is 1. The Morgan fingerprint density at radius 3 is 2.56 bits per heavy atom. The van der Waals surface area contributed by atoms with Crippen molar-refractivity contribution >= 4 is 40.4 Å². The first-order valence-corrected chi connectivity index (χ1v) is 11.9. The van der Waals surface area contributed by atoms with Gasteiger partial charge in [-0.1, -0.05) is 23.7 Å². The third-order valence-electron chi connectivity index (χ3n) is 5.93. The molecular formula is C24H27ClN4O2S. The van der Waals surface area contributed by atoms with Gasteiger partial charge in [0.25, 0.3) is 5.91 Å². The van der Waals surface area contributed by atoms with Crippen LogP contribution in [0.1, 0.15) is 42.7 Å². The number of aryl methyl sites for hydroxylation is 1. The Morgan fingerprint density at radius 2 is 1.94 bits per heavy atom. The van der Waals surface area contributed by atoms with Gasteiger partial charge in [-0.05, 0) is 63.3 Å². The molecule has 1 amide bonds. The third kappa shape index (κ3) is 5.11. The number of rotatable bonds is 5. The molecule has 32 heavy (non-hydrogen) atoms. The lowest BCUT2D eigenvalue weighted by atomic mass is 9.83. The lowest BCUT2D eigenvalue weighted by Gasteiger charge is -2.38. The number of benzene rings is 1. The molecular weight excluding hydrogens is 444 g/mol. The van der Waals surface area contributed by atoms with Crippen LogP contribution in [0, 0.1) is 12.8 Å². The van der Waals surface area contributed by atoms with Crippen molar-refractivity contribution in [3.05, 3.63) is 58.2 Å². The average molecular weight is 471 g/mol. The summed E-state index contributed by atoms with van der Waals surface area (Å²) in [5.41, 5.74) is 2.29. The molecule has 1 aliphatic heterocycles. The fourth-order valence-corrected chi connectivity index (χ4v) is 5.00. The molecule has 2 N–H and O–H groups in total. The predicted molar refractivity (Wildman–Crippen MR) is 131 cm³/mol. The summed E-state index contributed by atoms with van der Waals surface area (Å²) in [5, 5.41) is 16.3. The van der Waals surface area contributed by atoms with E-state index in [0.29, 0.717) is 22.3 Å². The van der Waals surface area contributed by atoms with Gasteiger partial charge in [-0.3, -0.25) is 4.79 Å². The molecule has 0 atom stereocenters. The third-order valence-corrected chi connectivity index (χ3v) is 7.07. The summed E-state index contributed by atoms with van der Waals surface area (Å²) < 4.78 is 0. The number of piperidine rings is 1. The fourth-order valence-electron chi connectivity index (χ4n) is 4.06. The zero-order chi connectivity index (χ0) is 22.9. The van der Waals surface area contributed by atoms with Crippen LogP contribution >= 0.6 is 22.9 Å². The van der Waals surface area contributed by atoms with E-state index in [-0.39, 0.29) is 5.91 Å². The van der Waals surface area contributed by atoms with Crippen LogP contribution in [0.5, 0.6) is 0 Å². The number of carbonyl (C=O) groups excluding carboxylic acids is 1. The highest BCUT2D eigenvalue weighted by Crippen LogP contribution is 2.31. The second-order valence-corrected chi connectivity index (χ2v) is 10.1. The van der Waals surface area contributed by atoms with Crippen molar-refractivity contribution in [3.8, 4) is 10.6 Å². The van der Waals surface area contributed by atoms with Crippen molar-refractivity contribution in [2.45, 2.75) is 39.2 Å². The second kappa shape index (κ2) is 9.17. The Bertz CT molecular complexity index is 1100. The highest BCUT2D eigenvalue weighted by Gasteiger charge is 2.31.